The molecule has 0 radical (unpaired) electrons. The van der Waals surface area contributed by atoms with Gasteiger partial charge in [0.2, 0.25) is 0 Å². The van der Waals surface area contributed by atoms with Gasteiger partial charge in [0.05, 0.1) is 5.92 Å². The number of carbonyl (C=O) groups excluding carboxylic acids is 1. The Balaban J connectivity index is 1.88. The van der Waals surface area contributed by atoms with Crippen LogP contribution in [0.15, 0.2) is 10.9 Å². The van der Waals surface area contributed by atoms with Crippen LogP contribution in [0.2, 0.25) is 0 Å². The van der Waals surface area contributed by atoms with E-state index in [0.717, 1.165) is 49.8 Å². The van der Waals surface area contributed by atoms with E-state index in [9.17, 15) is 14.4 Å². The summed E-state index contributed by atoms with van der Waals surface area (Å²) in [4.78, 5) is 40.6. The van der Waals surface area contributed by atoms with Crippen molar-refractivity contribution in [2.75, 3.05) is 6.54 Å². The lowest BCUT2D eigenvalue weighted by Gasteiger charge is -2.25. The Bertz CT molecular complexity index is 690. The van der Waals surface area contributed by atoms with Crippen LogP contribution >= 0.6 is 0 Å². The summed E-state index contributed by atoms with van der Waals surface area (Å²) in [5, 5.41) is 9.09. The van der Waals surface area contributed by atoms with Gasteiger partial charge in [-0.3, -0.25) is 14.4 Å². The number of amides is 1. The second-order valence-corrected chi connectivity index (χ2v) is 6.65. The minimum atomic E-state index is -0.928. The molecule has 0 spiro atoms. The van der Waals surface area contributed by atoms with E-state index < -0.39 is 11.9 Å². The van der Waals surface area contributed by atoms with Crippen LogP contribution < -0.4 is 5.56 Å². The van der Waals surface area contributed by atoms with Gasteiger partial charge in [-0.25, -0.2) is 0 Å². The first-order valence-corrected chi connectivity index (χ1v) is 8.26. The number of aliphatic carboxylic acids is 1. The van der Waals surface area contributed by atoms with E-state index in [2.05, 4.69) is 4.98 Å². The standard InChI is InChI=1S/C17H22N2O4/c1-10(17(22)23)9-19(12-6-7-12)16(21)13-8-11-4-2-3-5-14(11)18-15(13)20/h8,10,12H,2-7,9H2,1H3,(H,18,20)(H,22,23). The monoisotopic (exact) mass is 318 g/mol. The third-order valence-electron chi connectivity index (χ3n) is 4.71. The van der Waals surface area contributed by atoms with Crippen molar-refractivity contribution in [1.82, 2.24) is 9.88 Å². The second kappa shape index (κ2) is 6.18. The average Bonchev–Trinajstić information content (AvgIpc) is 3.35. The van der Waals surface area contributed by atoms with Crippen molar-refractivity contribution in [3.8, 4) is 0 Å². The van der Waals surface area contributed by atoms with E-state index in [0.29, 0.717) is 0 Å². The summed E-state index contributed by atoms with van der Waals surface area (Å²) in [7, 11) is 0. The summed E-state index contributed by atoms with van der Waals surface area (Å²) in [5.41, 5.74) is 1.77. The first kappa shape index (κ1) is 15.8. The zero-order valence-electron chi connectivity index (χ0n) is 13.3. The topological polar surface area (TPSA) is 90.5 Å². The molecule has 1 saturated carbocycles. The van der Waals surface area contributed by atoms with Gasteiger partial charge in [0.25, 0.3) is 11.5 Å². The molecular weight excluding hydrogens is 296 g/mol. The van der Waals surface area contributed by atoms with Gasteiger partial charge in [-0.2, -0.15) is 0 Å². The highest BCUT2D eigenvalue weighted by Crippen LogP contribution is 2.29. The van der Waals surface area contributed by atoms with Crippen LogP contribution in [-0.2, 0) is 17.6 Å². The Kier molecular flexibility index (Phi) is 4.24. The minimum absolute atomic E-state index is 0.0692. The molecule has 1 aromatic heterocycles. The zero-order chi connectivity index (χ0) is 16.6. The predicted octanol–water partition coefficient (Wildman–Crippen LogP) is 1.58. The molecule has 1 unspecified atom stereocenters. The van der Waals surface area contributed by atoms with Crippen molar-refractivity contribution in [1.29, 1.82) is 0 Å². The SMILES string of the molecule is CC(CN(C(=O)c1cc2c([nH]c1=O)CCCC2)C1CC1)C(=O)O. The van der Waals surface area contributed by atoms with Crippen molar-refractivity contribution in [2.45, 2.75) is 51.5 Å². The number of hydrogen-bond donors (Lipinski definition) is 2. The van der Waals surface area contributed by atoms with Gasteiger partial charge in [-0.1, -0.05) is 6.92 Å². The number of carboxylic acids is 1. The molecule has 2 aliphatic rings. The number of H-pyrrole nitrogens is 1. The number of aryl methyl sites for hydroxylation is 2. The number of aromatic amines is 1. The summed E-state index contributed by atoms with van der Waals surface area (Å²) >= 11 is 0. The van der Waals surface area contributed by atoms with Crippen LogP contribution in [0.4, 0.5) is 0 Å². The summed E-state index contributed by atoms with van der Waals surface area (Å²) in [6, 6.07) is 1.79. The third kappa shape index (κ3) is 3.30. The maximum atomic E-state index is 12.8. The van der Waals surface area contributed by atoms with Gasteiger partial charge in [0.15, 0.2) is 0 Å². The molecule has 6 nitrogen and oxygen atoms in total. The highest BCUT2D eigenvalue weighted by Gasteiger charge is 2.36. The van der Waals surface area contributed by atoms with Crippen LogP contribution in [-0.4, -0.2) is 39.5 Å². The normalized spacial score (nSPS) is 18.1. The van der Waals surface area contributed by atoms with Crippen LogP contribution in [0.25, 0.3) is 0 Å². The highest BCUT2D eigenvalue weighted by molar-refractivity contribution is 5.94. The lowest BCUT2D eigenvalue weighted by Crippen LogP contribution is -2.41. The maximum Gasteiger partial charge on any atom is 0.308 e. The summed E-state index contributed by atoms with van der Waals surface area (Å²) in [6.07, 6.45) is 5.60. The Labute approximate surface area is 134 Å². The molecule has 1 aromatic rings. The zero-order valence-corrected chi connectivity index (χ0v) is 13.3. The number of rotatable bonds is 5. The smallest absolute Gasteiger partial charge is 0.308 e. The Morgan fingerprint density at radius 1 is 1.35 bits per heavy atom. The van der Waals surface area contributed by atoms with E-state index in [1.54, 1.807) is 17.9 Å². The quantitative estimate of drug-likeness (QED) is 0.862. The maximum absolute atomic E-state index is 12.8. The van der Waals surface area contributed by atoms with Gasteiger partial charge in [0.1, 0.15) is 5.56 Å². The van der Waals surface area contributed by atoms with Gasteiger partial charge in [-0.15, -0.1) is 0 Å². The Hall–Kier alpha value is -2.11. The number of aromatic nitrogens is 1. The first-order chi connectivity index (χ1) is 11.0. The predicted molar refractivity (Wildman–Crippen MR) is 84.6 cm³/mol. The molecule has 2 N–H and O–H groups in total. The van der Waals surface area contributed by atoms with E-state index in [-0.39, 0.29) is 29.6 Å². The van der Waals surface area contributed by atoms with Gasteiger partial charge in [0, 0.05) is 18.3 Å². The molecule has 1 atom stereocenters. The number of carbonyl (C=O) groups is 2. The van der Waals surface area contributed by atoms with E-state index in [1.165, 1.54) is 0 Å². The molecule has 3 rings (SSSR count). The van der Waals surface area contributed by atoms with Crippen molar-refractivity contribution >= 4 is 11.9 Å². The number of fused-ring (bicyclic) bond motifs is 1. The van der Waals surface area contributed by atoms with E-state index >= 15 is 0 Å². The number of pyridine rings is 1. The average molecular weight is 318 g/mol. The fourth-order valence-corrected chi connectivity index (χ4v) is 3.15. The first-order valence-electron chi connectivity index (χ1n) is 8.26. The Morgan fingerprint density at radius 3 is 2.70 bits per heavy atom. The van der Waals surface area contributed by atoms with Gasteiger partial charge < -0.3 is 15.0 Å². The molecule has 2 aliphatic carbocycles. The largest absolute Gasteiger partial charge is 0.481 e. The third-order valence-corrected chi connectivity index (χ3v) is 4.71. The molecule has 6 heteroatoms. The van der Waals surface area contributed by atoms with Crippen molar-refractivity contribution in [3.05, 3.63) is 33.2 Å². The fraction of sp³-hybridized carbons (Fsp3) is 0.588. The molecule has 0 saturated heterocycles. The molecule has 124 valence electrons. The van der Waals surface area contributed by atoms with Crippen molar-refractivity contribution in [2.24, 2.45) is 5.92 Å². The molecule has 1 amide bonds. The molecule has 1 heterocycles. The summed E-state index contributed by atoms with van der Waals surface area (Å²) < 4.78 is 0. The number of carboxylic acid groups (broad SMARTS) is 1. The van der Waals surface area contributed by atoms with Crippen molar-refractivity contribution < 1.29 is 14.7 Å². The van der Waals surface area contributed by atoms with Crippen LogP contribution in [0.3, 0.4) is 0 Å². The lowest BCUT2D eigenvalue weighted by molar-refractivity contribution is -0.141. The molecule has 0 bridgehead atoms. The van der Waals surface area contributed by atoms with Gasteiger partial charge in [-0.05, 0) is 50.2 Å². The van der Waals surface area contributed by atoms with Crippen LogP contribution in [0.1, 0.15) is 54.2 Å². The molecule has 0 aliphatic heterocycles. The molecular formula is C17H22N2O4. The fourth-order valence-electron chi connectivity index (χ4n) is 3.15. The highest BCUT2D eigenvalue weighted by atomic mass is 16.4. The number of nitrogens with zero attached hydrogens (tertiary/aromatic N) is 1. The van der Waals surface area contributed by atoms with Gasteiger partial charge >= 0.3 is 5.97 Å². The molecule has 0 aromatic carbocycles. The van der Waals surface area contributed by atoms with E-state index in [1.807, 2.05) is 0 Å². The van der Waals surface area contributed by atoms with Crippen LogP contribution in [0, 0.1) is 5.92 Å². The summed E-state index contributed by atoms with van der Waals surface area (Å²) in [5.74, 6) is -1.91. The second-order valence-electron chi connectivity index (χ2n) is 6.65. The summed E-state index contributed by atoms with van der Waals surface area (Å²) in [6.45, 7) is 1.73. The number of nitrogens with one attached hydrogen (secondary N) is 1. The molecule has 23 heavy (non-hydrogen) atoms. The molecule has 1 fully saturated rings. The minimum Gasteiger partial charge on any atom is -0.481 e. The van der Waals surface area contributed by atoms with Crippen LogP contribution in [0.5, 0.6) is 0 Å². The van der Waals surface area contributed by atoms with Crippen molar-refractivity contribution in [3.63, 3.8) is 0 Å². The van der Waals surface area contributed by atoms with E-state index in [4.69, 9.17) is 5.11 Å². The Morgan fingerprint density at radius 2 is 2.04 bits per heavy atom. The lowest BCUT2D eigenvalue weighted by atomic mass is 9.95. The number of hydrogen-bond acceptors (Lipinski definition) is 3.